The zero-order valence-electron chi connectivity index (χ0n) is 12.8. The highest BCUT2D eigenvalue weighted by molar-refractivity contribution is 6.31. The molecule has 3 rings (SSSR count). The molecule has 1 aromatic carbocycles. The number of ether oxygens (including phenoxy) is 1. The van der Waals surface area contributed by atoms with Crippen molar-refractivity contribution in [1.82, 2.24) is 10.3 Å². The van der Waals surface area contributed by atoms with Crippen LogP contribution in [0.4, 0.5) is 5.82 Å². The van der Waals surface area contributed by atoms with E-state index in [-0.39, 0.29) is 0 Å². The number of anilines is 1. The first-order valence-corrected chi connectivity index (χ1v) is 7.94. The normalized spacial score (nSPS) is 14.3. The maximum absolute atomic E-state index is 6.22. The van der Waals surface area contributed by atoms with E-state index in [0.29, 0.717) is 17.5 Å². The molecule has 5 heteroatoms. The molecule has 1 aromatic heterocycles. The van der Waals surface area contributed by atoms with Crippen LogP contribution in [-0.2, 0) is 6.61 Å². The first-order chi connectivity index (χ1) is 11.3. The van der Waals surface area contributed by atoms with Gasteiger partial charge in [-0.15, -0.1) is 6.42 Å². The van der Waals surface area contributed by atoms with Gasteiger partial charge < -0.3 is 15.0 Å². The lowest BCUT2D eigenvalue weighted by atomic mass is 10.1. The van der Waals surface area contributed by atoms with Crippen molar-refractivity contribution in [2.45, 2.75) is 6.61 Å². The second kappa shape index (κ2) is 7.36. The number of benzene rings is 1. The summed E-state index contributed by atoms with van der Waals surface area (Å²) in [5.74, 6) is 4.10. The first kappa shape index (κ1) is 15.7. The van der Waals surface area contributed by atoms with Crippen LogP contribution in [0.2, 0.25) is 5.02 Å². The number of rotatable bonds is 4. The quantitative estimate of drug-likeness (QED) is 0.876. The van der Waals surface area contributed by atoms with E-state index in [4.69, 9.17) is 22.8 Å². The lowest BCUT2D eigenvalue weighted by molar-refractivity contribution is 0.294. The molecule has 0 radical (unpaired) electrons. The van der Waals surface area contributed by atoms with Gasteiger partial charge in [-0.05, 0) is 18.2 Å². The van der Waals surface area contributed by atoms with E-state index < -0.39 is 0 Å². The van der Waals surface area contributed by atoms with E-state index in [0.717, 1.165) is 43.1 Å². The molecule has 118 valence electrons. The van der Waals surface area contributed by atoms with Crippen molar-refractivity contribution in [2.75, 3.05) is 31.1 Å². The lowest BCUT2D eigenvalue weighted by Crippen LogP contribution is -2.43. The van der Waals surface area contributed by atoms with Crippen LogP contribution in [0.1, 0.15) is 11.1 Å². The van der Waals surface area contributed by atoms with E-state index in [1.54, 1.807) is 6.07 Å². The van der Waals surface area contributed by atoms with Crippen LogP contribution in [0, 0.1) is 12.3 Å². The maximum atomic E-state index is 6.22. The summed E-state index contributed by atoms with van der Waals surface area (Å²) in [6.45, 7) is 4.22. The Hall–Kier alpha value is -2.22. The molecule has 23 heavy (non-hydrogen) atoms. The van der Waals surface area contributed by atoms with Crippen molar-refractivity contribution in [3.05, 3.63) is 52.5 Å². The van der Waals surface area contributed by atoms with Gasteiger partial charge in [0, 0.05) is 48.4 Å². The summed E-state index contributed by atoms with van der Waals surface area (Å²) in [5, 5.41) is 3.94. The summed E-state index contributed by atoms with van der Waals surface area (Å²) in [4.78, 5) is 6.82. The number of hydrogen-bond acceptors (Lipinski definition) is 4. The summed E-state index contributed by atoms with van der Waals surface area (Å²) >= 11 is 6.22. The van der Waals surface area contributed by atoms with Gasteiger partial charge in [-0.1, -0.05) is 29.7 Å². The molecule has 0 atom stereocenters. The minimum Gasteiger partial charge on any atom is -0.473 e. The Morgan fingerprint density at radius 2 is 2.09 bits per heavy atom. The van der Waals surface area contributed by atoms with Gasteiger partial charge in [0.1, 0.15) is 12.4 Å². The molecule has 1 N–H and O–H groups in total. The van der Waals surface area contributed by atoms with Crippen LogP contribution in [0.15, 0.2) is 36.4 Å². The van der Waals surface area contributed by atoms with Crippen LogP contribution in [0.25, 0.3) is 0 Å². The molecular formula is C18H18ClN3O. The third-order valence-corrected chi connectivity index (χ3v) is 4.10. The van der Waals surface area contributed by atoms with E-state index >= 15 is 0 Å². The van der Waals surface area contributed by atoms with E-state index in [1.165, 1.54) is 0 Å². The third kappa shape index (κ3) is 3.95. The van der Waals surface area contributed by atoms with Gasteiger partial charge >= 0.3 is 0 Å². The van der Waals surface area contributed by atoms with Crippen LogP contribution < -0.4 is 15.0 Å². The molecule has 0 aliphatic carbocycles. The van der Waals surface area contributed by atoms with Crippen molar-refractivity contribution < 1.29 is 4.74 Å². The third-order valence-electron chi connectivity index (χ3n) is 3.75. The highest BCUT2D eigenvalue weighted by atomic mass is 35.5. The second-order valence-corrected chi connectivity index (χ2v) is 5.72. The zero-order valence-corrected chi connectivity index (χ0v) is 13.5. The molecule has 1 saturated heterocycles. The van der Waals surface area contributed by atoms with Crippen LogP contribution in [0.3, 0.4) is 0 Å². The van der Waals surface area contributed by atoms with Gasteiger partial charge in [0.05, 0.1) is 0 Å². The van der Waals surface area contributed by atoms with Crippen molar-refractivity contribution in [2.24, 2.45) is 0 Å². The Kier molecular flexibility index (Phi) is 5.02. The number of aromatic nitrogens is 1. The molecule has 1 aliphatic rings. The number of hydrogen-bond donors (Lipinski definition) is 1. The Labute approximate surface area is 141 Å². The SMILES string of the molecule is C#Cc1ccc(COc2cccc(N3CCNCC3)n2)c(Cl)c1. The fraction of sp³-hybridized carbons (Fsp3) is 0.278. The highest BCUT2D eigenvalue weighted by Crippen LogP contribution is 2.21. The van der Waals surface area contributed by atoms with Crippen molar-refractivity contribution in [3.63, 3.8) is 0 Å². The summed E-state index contributed by atoms with van der Waals surface area (Å²) in [5.41, 5.74) is 1.65. The smallest absolute Gasteiger partial charge is 0.215 e. The van der Waals surface area contributed by atoms with Gasteiger partial charge in [-0.2, -0.15) is 4.98 Å². The summed E-state index contributed by atoms with van der Waals surface area (Å²) < 4.78 is 5.79. The van der Waals surface area contributed by atoms with E-state index in [2.05, 4.69) is 21.1 Å². The number of nitrogens with one attached hydrogen (secondary N) is 1. The zero-order chi connectivity index (χ0) is 16.1. The van der Waals surface area contributed by atoms with Gasteiger partial charge in [-0.25, -0.2) is 0 Å². The topological polar surface area (TPSA) is 37.4 Å². The summed E-state index contributed by atoms with van der Waals surface area (Å²) in [7, 11) is 0. The number of piperazine rings is 1. The van der Waals surface area contributed by atoms with Gasteiger partial charge in [0.25, 0.3) is 0 Å². The Balaban J connectivity index is 1.67. The van der Waals surface area contributed by atoms with Crippen molar-refractivity contribution in [3.8, 4) is 18.2 Å². The lowest BCUT2D eigenvalue weighted by Gasteiger charge is -2.28. The van der Waals surface area contributed by atoms with E-state index in [1.807, 2.05) is 30.3 Å². The molecule has 0 bridgehead atoms. The Bertz CT molecular complexity index is 720. The largest absolute Gasteiger partial charge is 0.473 e. The number of pyridine rings is 1. The fourth-order valence-corrected chi connectivity index (χ4v) is 2.70. The maximum Gasteiger partial charge on any atom is 0.215 e. The molecule has 0 saturated carbocycles. The van der Waals surface area contributed by atoms with Crippen LogP contribution >= 0.6 is 11.6 Å². The minimum atomic E-state index is 0.363. The van der Waals surface area contributed by atoms with Gasteiger partial charge in [0.15, 0.2) is 0 Å². The standard InChI is InChI=1S/C18H18ClN3O/c1-2-14-6-7-15(16(19)12-14)13-23-18-5-3-4-17(21-18)22-10-8-20-9-11-22/h1,3-7,12,20H,8-11,13H2. The monoisotopic (exact) mass is 327 g/mol. The molecule has 0 spiro atoms. The fourth-order valence-electron chi connectivity index (χ4n) is 2.46. The molecule has 1 fully saturated rings. The Morgan fingerprint density at radius 1 is 1.26 bits per heavy atom. The minimum absolute atomic E-state index is 0.363. The number of halogens is 1. The number of nitrogens with zero attached hydrogens (tertiary/aromatic N) is 2. The molecule has 0 unspecified atom stereocenters. The summed E-state index contributed by atoms with van der Waals surface area (Å²) in [6.07, 6.45) is 5.36. The average Bonchev–Trinajstić information content (AvgIpc) is 2.61. The molecule has 2 aromatic rings. The second-order valence-electron chi connectivity index (χ2n) is 5.31. The van der Waals surface area contributed by atoms with Crippen molar-refractivity contribution >= 4 is 17.4 Å². The predicted molar refractivity (Wildman–Crippen MR) is 93.0 cm³/mol. The molecule has 1 aliphatic heterocycles. The van der Waals surface area contributed by atoms with Crippen molar-refractivity contribution in [1.29, 1.82) is 0 Å². The molecule has 4 nitrogen and oxygen atoms in total. The molecule has 2 heterocycles. The van der Waals surface area contributed by atoms with Crippen LogP contribution in [0.5, 0.6) is 5.88 Å². The van der Waals surface area contributed by atoms with E-state index in [9.17, 15) is 0 Å². The Morgan fingerprint density at radius 3 is 2.83 bits per heavy atom. The van der Waals surface area contributed by atoms with Gasteiger partial charge in [0.2, 0.25) is 5.88 Å². The molecule has 0 amide bonds. The highest BCUT2D eigenvalue weighted by Gasteiger charge is 2.12. The first-order valence-electron chi connectivity index (χ1n) is 7.57. The number of terminal acetylenes is 1. The molecular weight excluding hydrogens is 310 g/mol. The summed E-state index contributed by atoms with van der Waals surface area (Å²) in [6, 6.07) is 11.3. The predicted octanol–water partition coefficient (Wildman–Crippen LogP) is 2.70. The average molecular weight is 328 g/mol. The van der Waals surface area contributed by atoms with Crippen LogP contribution in [-0.4, -0.2) is 31.2 Å². The van der Waals surface area contributed by atoms with Gasteiger partial charge in [-0.3, -0.25) is 0 Å².